The van der Waals surface area contributed by atoms with Crippen LogP contribution in [0.3, 0.4) is 0 Å². The molecule has 0 saturated carbocycles. The number of fused-ring (bicyclic) bond motifs is 3. The van der Waals surface area contributed by atoms with Gasteiger partial charge in [-0.2, -0.15) is 0 Å². The van der Waals surface area contributed by atoms with Gasteiger partial charge >= 0.3 is 6.09 Å². The van der Waals surface area contributed by atoms with Crippen molar-refractivity contribution in [2.75, 3.05) is 19.7 Å². The van der Waals surface area contributed by atoms with Gasteiger partial charge in [0.1, 0.15) is 0 Å². The zero-order valence-electron chi connectivity index (χ0n) is 12.1. The van der Waals surface area contributed by atoms with Crippen LogP contribution in [0.15, 0.2) is 10.5 Å². The van der Waals surface area contributed by atoms with Crippen molar-refractivity contribution >= 4 is 27.8 Å². The Labute approximate surface area is 132 Å². The summed E-state index contributed by atoms with van der Waals surface area (Å²) in [5.41, 5.74) is 4.37. The highest BCUT2D eigenvalue weighted by Gasteiger charge is 2.29. The summed E-state index contributed by atoms with van der Waals surface area (Å²) in [4.78, 5) is 25.8. The van der Waals surface area contributed by atoms with E-state index in [0.29, 0.717) is 26.1 Å². The van der Waals surface area contributed by atoms with Crippen molar-refractivity contribution < 1.29 is 14.3 Å². The molecule has 5 heteroatoms. The van der Waals surface area contributed by atoms with Crippen molar-refractivity contribution in [2.45, 2.75) is 32.6 Å². The average molecular weight is 352 g/mol. The van der Waals surface area contributed by atoms with Gasteiger partial charge in [-0.3, -0.25) is 4.79 Å². The van der Waals surface area contributed by atoms with E-state index in [4.69, 9.17) is 4.74 Å². The maximum Gasteiger partial charge on any atom is 0.409 e. The quantitative estimate of drug-likeness (QED) is 0.780. The molecule has 21 heavy (non-hydrogen) atoms. The van der Waals surface area contributed by atoms with Crippen LogP contribution < -0.4 is 0 Å². The second-order valence-corrected chi connectivity index (χ2v) is 6.31. The lowest BCUT2D eigenvalue weighted by Crippen LogP contribution is -2.33. The monoisotopic (exact) mass is 351 g/mol. The summed E-state index contributed by atoms with van der Waals surface area (Å²) < 4.78 is 6.12. The molecule has 0 atom stereocenters. The van der Waals surface area contributed by atoms with E-state index < -0.39 is 0 Å². The van der Waals surface area contributed by atoms with Gasteiger partial charge in [0.05, 0.1) is 6.61 Å². The molecular formula is C16H18BrNO3. The van der Waals surface area contributed by atoms with Gasteiger partial charge in [0, 0.05) is 29.5 Å². The third-order valence-electron chi connectivity index (χ3n) is 4.27. The van der Waals surface area contributed by atoms with Gasteiger partial charge < -0.3 is 9.64 Å². The number of ether oxygens (including phenoxy) is 1. The maximum atomic E-state index is 12.2. The number of carbonyl (C=O) groups excluding carboxylic acids is 2. The number of halogens is 1. The van der Waals surface area contributed by atoms with E-state index in [2.05, 4.69) is 22.0 Å². The van der Waals surface area contributed by atoms with Crippen LogP contribution in [0.1, 0.15) is 40.4 Å². The highest BCUT2D eigenvalue weighted by molar-refractivity contribution is 9.10. The summed E-state index contributed by atoms with van der Waals surface area (Å²) in [6, 6.07) is 2.13. The summed E-state index contributed by atoms with van der Waals surface area (Å²) >= 11 is 3.59. The first-order valence-electron chi connectivity index (χ1n) is 7.39. The van der Waals surface area contributed by atoms with E-state index in [1.54, 1.807) is 4.90 Å². The van der Waals surface area contributed by atoms with Gasteiger partial charge in [0.15, 0.2) is 5.78 Å². The summed E-state index contributed by atoms with van der Waals surface area (Å²) in [7, 11) is 0. The smallest absolute Gasteiger partial charge is 0.409 e. The van der Waals surface area contributed by atoms with E-state index >= 15 is 0 Å². The number of amides is 1. The number of rotatable bonds is 1. The molecule has 1 heterocycles. The molecule has 2 aliphatic rings. The number of benzene rings is 1. The Balaban J connectivity index is 1.92. The predicted octanol–water partition coefficient (Wildman–Crippen LogP) is 3.14. The molecule has 1 aliphatic heterocycles. The summed E-state index contributed by atoms with van der Waals surface area (Å²) in [6.07, 6.45) is 2.67. The Hall–Kier alpha value is -1.36. The van der Waals surface area contributed by atoms with Gasteiger partial charge in [0.2, 0.25) is 0 Å². The molecule has 0 fully saturated rings. The van der Waals surface area contributed by atoms with Crippen LogP contribution in [0.4, 0.5) is 4.79 Å². The first kappa shape index (κ1) is 14.6. The fraction of sp³-hybridized carbons (Fsp3) is 0.500. The third kappa shape index (κ3) is 2.59. The van der Waals surface area contributed by atoms with Gasteiger partial charge in [-0.1, -0.05) is 15.9 Å². The number of Topliss-reactive ketones (excluding diaryl/α,β-unsaturated/α-hetero) is 1. The van der Waals surface area contributed by atoms with Crippen LogP contribution in [0, 0.1) is 0 Å². The van der Waals surface area contributed by atoms with E-state index in [-0.39, 0.29) is 11.9 Å². The van der Waals surface area contributed by atoms with Gasteiger partial charge in [0.25, 0.3) is 0 Å². The van der Waals surface area contributed by atoms with E-state index in [9.17, 15) is 9.59 Å². The second kappa shape index (κ2) is 5.79. The van der Waals surface area contributed by atoms with Crippen LogP contribution in [0.2, 0.25) is 0 Å². The molecular weight excluding hydrogens is 334 g/mol. The second-order valence-electron chi connectivity index (χ2n) is 5.46. The Bertz CT molecular complexity index is 612. The highest BCUT2D eigenvalue weighted by Crippen LogP contribution is 2.35. The molecule has 1 aromatic carbocycles. The summed E-state index contributed by atoms with van der Waals surface area (Å²) in [6.45, 7) is 3.47. The fourth-order valence-corrected chi connectivity index (χ4v) is 3.93. The van der Waals surface area contributed by atoms with Crippen LogP contribution in [-0.2, 0) is 24.0 Å². The van der Waals surface area contributed by atoms with Crippen molar-refractivity contribution in [1.82, 2.24) is 4.90 Å². The zero-order chi connectivity index (χ0) is 15.0. The third-order valence-corrected chi connectivity index (χ3v) is 4.98. The lowest BCUT2D eigenvalue weighted by molar-refractivity contribution is 0.0993. The number of carbonyl (C=O) groups is 2. The number of nitrogens with zero attached hydrogens (tertiary/aromatic N) is 1. The first-order chi connectivity index (χ1) is 10.1. The minimum absolute atomic E-state index is 0.243. The molecule has 0 unspecified atom stereocenters. The number of ketones is 1. The standard InChI is InChI=1S/C16H18BrNO3/c1-2-21-16(20)18-7-5-10-9-13(17)12-3-4-14(19)15(12)11(10)6-8-18/h9H,2-8H2,1H3. The highest BCUT2D eigenvalue weighted by atomic mass is 79.9. The molecule has 0 aromatic heterocycles. The normalized spacial score (nSPS) is 17.2. The van der Waals surface area contributed by atoms with Crippen LogP contribution in [0.25, 0.3) is 0 Å². The average Bonchev–Trinajstić information content (AvgIpc) is 2.72. The maximum absolute atomic E-state index is 12.2. The van der Waals surface area contributed by atoms with Gasteiger partial charge in [-0.15, -0.1) is 0 Å². The minimum atomic E-state index is -0.257. The SMILES string of the molecule is CCOC(=O)N1CCc2cc(Br)c3c(c2CC1)C(=O)CC3. The molecule has 0 saturated heterocycles. The molecule has 1 aromatic rings. The van der Waals surface area contributed by atoms with E-state index in [0.717, 1.165) is 40.4 Å². The molecule has 112 valence electrons. The largest absolute Gasteiger partial charge is 0.450 e. The summed E-state index contributed by atoms with van der Waals surface area (Å²) in [5.74, 6) is 0.243. The van der Waals surface area contributed by atoms with Crippen LogP contribution in [0.5, 0.6) is 0 Å². The Morgan fingerprint density at radius 3 is 2.76 bits per heavy atom. The van der Waals surface area contributed by atoms with Crippen molar-refractivity contribution in [1.29, 1.82) is 0 Å². The topological polar surface area (TPSA) is 46.6 Å². The van der Waals surface area contributed by atoms with Crippen LogP contribution in [-0.4, -0.2) is 36.5 Å². The molecule has 0 bridgehead atoms. The van der Waals surface area contributed by atoms with Crippen LogP contribution >= 0.6 is 15.9 Å². The van der Waals surface area contributed by atoms with Gasteiger partial charge in [-0.25, -0.2) is 4.79 Å². The minimum Gasteiger partial charge on any atom is -0.450 e. The number of hydrogen-bond acceptors (Lipinski definition) is 3. The van der Waals surface area contributed by atoms with Crippen molar-refractivity contribution in [3.63, 3.8) is 0 Å². The number of hydrogen-bond donors (Lipinski definition) is 0. The summed E-state index contributed by atoms with van der Waals surface area (Å²) in [5, 5.41) is 0. The van der Waals surface area contributed by atoms with E-state index in [1.807, 2.05) is 6.92 Å². The lowest BCUT2D eigenvalue weighted by Gasteiger charge is -2.19. The Morgan fingerprint density at radius 1 is 1.24 bits per heavy atom. The molecule has 1 aliphatic carbocycles. The predicted molar refractivity (Wildman–Crippen MR) is 82.8 cm³/mol. The first-order valence-corrected chi connectivity index (χ1v) is 8.19. The fourth-order valence-electron chi connectivity index (χ4n) is 3.25. The molecule has 4 nitrogen and oxygen atoms in total. The molecule has 3 rings (SSSR count). The molecule has 1 amide bonds. The zero-order valence-corrected chi connectivity index (χ0v) is 13.7. The molecule has 0 spiro atoms. The van der Waals surface area contributed by atoms with Crippen molar-refractivity contribution in [3.05, 3.63) is 32.8 Å². The molecule has 0 N–H and O–H groups in total. The van der Waals surface area contributed by atoms with Gasteiger partial charge in [-0.05, 0) is 48.9 Å². The van der Waals surface area contributed by atoms with Crippen molar-refractivity contribution in [2.24, 2.45) is 0 Å². The molecule has 0 radical (unpaired) electrons. The van der Waals surface area contributed by atoms with E-state index in [1.165, 1.54) is 5.56 Å². The van der Waals surface area contributed by atoms with Crippen molar-refractivity contribution in [3.8, 4) is 0 Å². The Morgan fingerprint density at radius 2 is 2.00 bits per heavy atom. The Kier molecular flexibility index (Phi) is 4.02. The lowest BCUT2D eigenvalue weighted by atomic mass is 9.94.